The summed E-state index contributed by atoms with van der Waals surface area (Å²) in [5, 5.41) is 28.8. The van der Waals surface area contributed by atoms with E-state index >= 15 is 0 Å². The van der Waals surface area contributed by atoms with Crippen molar-refractivity contribution in [2.45, 2.75) is 24.3 Å². The van der Waals surface area contributed by atoms with Crippen LogP contribution >= 0.6 is 35.7 Å². The van der Waals surface area contributed by atoms with Crippen LogP contribution in [0.3, 0.4) is 0 Å². The molecule has 0 spiro atoms. The molecule has 208 valence electrons. The van der Waals surface area contributed by atoms with E-state index in [1.165, 1.54) is 49.2 Å². The fourth-order valence-electron chi connectivity index (χ4n) is 3.78. The molecule has 39 heavy (non-hydrogen) atoms. The summed E-state index contributed by atoms with van der Waals surface area (Å²) in [6, 6.07) is -0.997. The average Bonchev–Trinajstić information content (AvgIpc) is 3.57. The van der Waals surface area contributed by atoms with Crippen LogP contribution in [0.4, 0.5) is 5.13 Å². The molecule has 0 bridgehead atoms. The maximum Gasteiger partial charge on any atom is 0.352 e. The van der Waals surface area contributed by atoms with Crippen LogP contribution in [0.25, 0.3) is 4.91 Å². The number of nitrogens with one attached hydrogen (secondary N) is 1. The van der Waals surface area contributed by atoms with E-state index in [1.807, 2.05) is 0 Å². The van der Waals surface area contributed by atoms with Crippen LogP contribution in [0, 0.1) is 0 Å². The number of hydrogen-bond donors (Lipinski definition) is 4. The number of carbonyl (C=O) groups excluding carboxylic acids is 2. The third kappa shape index (κ3) is 5.76. The molecule has 4 N–H and O–H groups in total. The van der Waals surface area contributed by atoms with Gasteiger partial charge in [-0.15, -0.1) is 40.8 Å². The molecule has 2 unspecified atom stereocenters. The minimum atomic E-state index is -1.32. The number of rotatable bonds is 11. The fourth-order valence-corrected chi connectivity index (χ4v) is 5.95. The van der Waals surface area contributed by atoms with Gasteiger partial charge in [0.25, 0.3) is 11.8 Å². The summed E-state index contributed by atoms with van der Waals surface area (Å²) < 4.78 is 11.7. The maximum absolute atomic E-state index is 13.1. The lowest BCUT2D eigenvalue weighted by Crippen LogP contribution is -2.71. The monoisotopic (exact) mass is 597 g/mol. The zero-order valence-electron chi connectivity index (χ0n) is 20.7. The molecule has 2 atom stereocenters. The quantitative estimate of drug-likeness (QED) is 0.0839. The summed E-state index contributed by atoms with van der Waals surface area (Å²) in [7, 11) is 4.20. The Balaban J connectivity index is 1.55. The predicted octanol–water partition coefficient (Wildman–Crippen LogP) is -0.609. The Morgan fingerprint density at radius 3 is 2.74 bits per heavy atom. The predicted molar refractivity (Wildman–Crippen MR) is 142 cm³/mol. The summed E-state index contributed by atoms with van der Waals surface area (Å²) in [6.07, 6.45) is 0.864. The van der Waals surface area contributed by atoms with Crippen molar-refractivity contribution in [3.05, 3.63) is 34.2 Å². The van der Waals surface area contributed by atoms with Crippen LogP contribution in [-0.4, -0.2) is 103 Å². The number of tetrazole rings is 1. The molecule has 4 heterocycles. The summed E-state index contributed by atoms with van der Waals surface area (Å²) in [5.41, 5.74) is 5.74. The van der Waals surface area contributed by atoms with Crippen molar-refractivity contribution in [3.8, 4) is 0 Å². The van der Waals surface area contributed by atoms with Gasteiger partial charge in [-0.3, -0.25) is 14.5 Å². The number of thiol groups is 1. The lowest BCUT2D eigenvalue weighted by molar-refractivity contribution is -0.150. The number of nitrogens with two attached hydrogens (primary N) is 1. The highest BCUT2D eigenvalue weighted by Crippen LogP contribution is 2.41. The number of oxime groups is 1. The Labute approximate surface area is 234 Å². The molecule has 0 saturated carbocycles. The molecule has 2 aliphatic rings. The normalized spacial score (nSPS) is 19.7. The molecule has 19 heteroatoms. The summed E-state index contributed by atoms with van der Waals surface area (Å²) in [4.78, 5) is 48.4. The first-order chi connectivity index (χ1) is 18.7. The molecule has 2 aromatic heterocycles. The number of carbonyl (C=O) groups is 3. The lowest BCUT2D eigenvalue weighted by Gasteiger charge is -2.49. The zero-order chi connectivity index (χ0) is 28.3. The Morgan fingerprint density at radius 2 is 2.13 bits per heavy atom. The molecule has 2 amide bonds. The molecular weight excluding hydrogens is 574 g/mol. The smallest absolute Gasteiger partial charge is 0.352 e. The number of aliphatic carboxylic acids is 1. The second kappa shape index (κ2) is 12.1. The maximum atomic E-state index is 13.1. The van der Waals surface area contributed by atoms with Crippen molar-refractivity contribution in [1.29, 1.82) is 0 Å². The number of anilines is 1. The van der Waals surface area contributed by atoms with E-state index in [0.717, 1.165) is 16.2 Å². The number of thiazole rings is 1. The van der Waals surface area contributed by atoms with Gasteiger partial charge >= 0.3 is 5.97 Å². The lowest BCUT2D eigenvalue weighted by atomic mass is 10.0. The number of carboxylic acid groups (broad SMARTS) is 1. The molecule has 1 saturated heterocycles. The summed E-state index contributed by atoms with van der Waals surface area (Å²) in [6.45, 7) is 0.155. The summed E-state index contributed by atoms with van der Waals surface area (Å²) >= 11 is 6.85. The minimum Gasteiger partial charge on any atom is -0.477 e. The number of hydrogen-bond acceptors (Lipinski definition) is 15. The van der Waals surface area contributed by atoms with E-state index < -0.39 is 35.5 Å². The fraction of sp³-hybridized carbons (Fsp3) is 0.400. The van der Waals surface area contributed by atoms with Gasteiger partial charge in [-0.05, 0) is 22.1 Å². The van der Waals surface area contributed by atoms with E-state index in [9.17, 15) is 19.5 Å². The second-order valence-corrected chi connectivity index (χ2v) is 10.3. The van der Waals surface area contributed by atoms with E-state index in [2.05, 4.69) is 43.6 Å². The molecule has 1 fully saturated rings. The minimum absolute atomic E-state index is 0.155. The number of carboxylic acids is 1. The van der Waals surface area contributed by atoms with Crippen LogP contribution in [0.2, 0.25) is 0 Å². The van der Waals surface area contributed by atoms with Gasteiger partial charge < -0.3 is 30.5 Å². The number of thioether (sulfide) groups is 1. The van der Waals surface area contributed by atoms with Gasteiger partial charge in [-0.25, -0.2) is 14.5 Å². The Bertz CT molecular complexity index is 1370. The molecule has 4 rings (SSSR count). The van der Waals surface area contributed by atoms with Crippen LogP contribution in [-0.2, 0) is 35.2 Å². The number of ether oxygens (including phenoxy) is 2. The van der Waals surface area contributed by atoms with E-state index in [4.69, 9.17) is 20.0 Å². The van der Waals surface area contributed by atoms with E-state index in [-0.39, 0.29) is 45.3 Å². The van der Waals surface area contributed by atoms with Gasteiger partial charge in [-0.1, -0.05) is 5.16 Å². The van der Waals surface area contributed by atoms with Crippen molar-refractivity contribution in [2.24, 2.45) is 5.16 Å². The third-order valence-electron chi connectivity index (χ3n) is 5.57. The number of amides is 2. The van der Waals surface area contributed by atoms with Gasteiger partial charge in [0.15, 0.2) is 23.0 Å². The van der Waals surface area contributed by atoms with Gasteiger partial charge in [0, 0.05) is 25.4 Å². The standard InChI is InChI=1S/C20H23N9O7S3/c1-34-11(35-2)5-28-15(24-26-27-28)10(37)4-8-6-38-18-13(17(31)29(18)14(8)19(32)33)23-16(30)12(25-36-3)9-7-39-20(21)22-9/h4,7,11,13,18,37H,5-6H2,1-3H3,(H2,21,22)(H,23,30)(H,32,33). The van der Waals surface area contributed by atoms with Crippen molar-refractivity contribution in [2.75, 3.05) is 32.8 Å². The Morgan fingerprint density at radius 1 is 1.38 bits per heavy atom. The second-order valence-electron chi connectivity index (χ2n) is 7.85. The Hall–Kier alpha value is -3.52. The SMILES string of the molecule is CON=C(C(=O)NC1C(=O)N2C(C(=O)O)=C(C=C(S)c3nnnn3CC(OC)OC)CSC12)c1csc(N)n1. The first-order valence-electron chi connectivity index (χ1n) is 11.0. The molecule has 2 aliphatic heterocycles. The van der Waals surface area contributed by atoms with Gasteiger partial charge in [0.05, 0.1) is 11.4 Å². The highest BCUT2D eigenvalue weighted by molar-refractivity contribution is 8.00. The van der Waals surface area contributed by atoms with Crippen molar-refractivity contribution < 1.29 is 33.8 Å². The van der Waals surface area contributed by atoms with Crippen LogP contribution in [0.15, 0.2) is 27.9 Å². The van der Waals surface area contributed by atoms with Gasteiger partial charge in [0.2, 0.25) is 0 Å². The number of aromatic nitrogens is 5. The first kappa shape index (κ1) is 28.5. The number of allylic oxidation sites excluding steroid dienone is 1. The molecule has 16 nitrogen and oxygen atoms in total. The zero-order valence-corrected chi connectivity index (χ0v) is 23.2. The van der Waals surface area contributed by atoms with Crippen molar-refractivity contribution >= 4 is 69.3 Å². The highest BCUT2D eigenvalue weighted by atomic mass is 32.2. The van der Waals surface area contributed by atoms with E-state index in [1.54, 1.807) is 0 Å². The number of fused-ring (bicyclic) bond motifs is 1. The number of methoxy groups -OCH3 is 2. The first-order valence-corrected chi connectivity index (χ1v) is 13.3. The largest absolute Gasteiger partial charge is 0.477 e. The number of β-lactam (4-membered cyclic amide) rings is 1. The molecular formula is C20H23N9O7S3. The number of nitrogens with zero attached hydrogens (tertiary/aromatic N) is 7. The Kier molecular flexibility index (Phi) is 8.85. The van der Waals surface area contributed by atoms with Gasteiger partial charge in [0.1, 0.15) is 29.9 Å². The van der Waals surface area contributed by atoms with Crippen LogP contribution in [0.1, 0.15) is 11.5 Å². The molecule has 0 radical (unpaired) electrons. The van der Waals surface area contributed by atoms with Crippen molar-refractivity contribution in [3.63, 3.8) is 0 Å². The molecule has 2 aromatic rings. The van der Waals surface area contributed by atoms with E-state index in [0.29, 0.717) is 5.57 Å². The summed E-state index contributed by atoms with van der Waals surface area (Å²) in [5.74, 6) is -2.19. The van der Waals surface area contributed by atoms with Gasteiger partial charge in [-0.2, -0.15) is 0 Å². The highest BCUT2D eigenvalue weighted by Gasteiger charge is 2.54. The molecule has 0 aromatic carbocycles. The average molecular weight is 598 g/mol. The number of nitrogen functional groups attached to an aromatic ring is 1. The third-order valence-corrected chi connectivity index (χ3v) is 7.87. The van der Waals surface area contributed by atoms with Crippen LogP contribution < -0.4 is 11.1 Å². The topological polar surface area (TPSA) is 209 Å². The van der Waals surface area contributed by atoms with Crippen molar-refractivity contribution in [1.82, 2.24) is 35.4 Å². The molecule has 0 aliphatic carbocycles. The van der Waals surface area contributed by atoms with Crippen LogP contribution in [0.5, 0.6) is 0 Å².